The molecule has 0 aromatic heterocycles. The van der Waals surface area contributed by atoms with E-state index in [0.717, 1.165) is 35.7 Å². The summed E-state index contributed by atoms with van der Waals surface area (Å²) in [6, 6.07) is 29.9. The molecule has 2 aliphatic carbocycles. The maximum Gasteiger partial charge on any atom is 0.135 e. The minimum atomic E-state index is -0.263. The number of rotatable bonds is 7. The van der Waals surface area contributed by atoms with Gasteiger partial charge in [0.2, 0.25) is 0 Å². The van der Waals surface area contributed by atoms with E-state index in [0.29, 0.717) is 19.1 Å². The van der Waals surface area contributed by atoms with Crippen molar-refractivity contribution < 1.29 is 14.2 Å². The third-order valence-electron chi connectivity index (χ3n) is 8.17. The molecule has 0 unspecified atom stereocenters. The Labute approximate surface area is 219 Å². The van der Waals surface area contributed by atoms with Gasteiger partial charge in [-0.25, -0.2) is 0 Å². The first kappa shape index (κ1) is 22.5. The first-order valence-electron chi connectivity index (χ1n) is 13.5. The summed E-state index contributed by atoms with van der Waals surface area (Å²) >= 11 is 0. The van der Waals surface area contributed by atoms with Crippen LogP contribution in [0, 0.1) is 6.92 Å². The maximum atomic E-state index is 6.83. The van der Waals surface area contributed by atoms with E-state index in [9.17, 15) is 0 Å². The zero-order valence-corrected chi connectivity index (χ0v) is 21.3. The highest BCUT2D eigenvalue weighted by molar-refractivity contribution is 5.80. The Balaban J connectivity index is 1.26. The lowest BCUT2D eigenvalue weighted by Crippen LogP contribution is -2.42. The summed E-state index contributed by atoms with van der Waals surface area (Å²) in [5, 5.41) is 0. The fourth-order valence-electron chi connectivity index (χ4n) is 5.76. The molecule has 1 spiro atoms. The molecule has 0 saturated heterocycles. The lowest BCUT2D eigenvalue weighted by molar-refractivity contribution is -0.0148. The molecule has 0 radical (unpaired) electrons. The second-order valence-corrected chi connectivity index (χ2v) is 10.8. The van der Waals surface area contributed by atoms with E-state index in [1.807, 2.05) is 24.3 Å². The second-order valence-electron chi connectivity index (χ2n) is 10.8. The third kappa shape index (κ3) is 4.17. The maximum absolute atomic E-state index is 6.83. The molecule has 3 aliphatic rings. The van der Waals surface area contributed by atoms with Crippen molar-refractivity contribution in [1.29, 1.82) is 0 Å². The highest BCUT2D eigenvalue weighted by Gasteiger charge is 2.47. The fraction of sp³-hybridized carbons (Fsp3) is 0.294. The van der Waals surface area contributed by atoms with E-state index in [1.165, 1.54) is 52.6 Å². The number of ether oxygens (including phenoxy) is 3. The Morgan fingerprint density at radius 2 is 1.41 bits per heavy atom. The lowest BCUT2D eigenvalue weighted by atomic mass is 9.70. The lowest BCUT2D eigenvalue weighted by Gasteiger charge is -2.47. The van der Waals surface area contributed by atoms with Gasteiger partial charge in [0.15, 0.2) is 0 Å². The van der Waals surface area contributed by atoms with Gasteiger partial charge in [0.25, 0.3) is 0 Å². The van der Waals surface area contributed by atoms with Crippen LogP contribution in [0.3, 0.4) is 0 Å². The summed E-state index contributed by atoms with van der Waals surface area (Å²) in [4.78, 5) is 0. The van der Waals surface area contributed by atoms with Crippen LogP contribution in [-0.4, -0.2) is 0 Å². The molecule has 0 bridgehead atoms. The minimum Gasteiger partial charge on any atom is -0.489 e. The standard InChI is InChI=1S/C34H32O3/c1-23-17-29-28-18-27(26-13-14-26)32(36-22-25-11-6-3-7-12-25)19-30(28)34(15-8-16-34)37-33(29)20-31(23)35-21-24-9-4-2-5-10-24/h2-7,9-12,17-20,26H,8,13-16,21-22H2,1H3. The van der Waals surface area contributed by atoms with Gasteiger partial charge in [0.05, 0.1) is 0 Å². The average molecular weight is 489 g/mol. The SMILES string of the molecule is Cc1cc2c(cc1OCc1ccccc1)OC1(CCC1)c1cc(OCc3ccccc3)c(C3CC3)cc1-2. The van der Waals surface area contributed by atoms with Gasteiger partial charge in [0.1, 0.15) is 36.1 Å². The van der Waals surface area contributed by atoms with Crippen LogP contribution in [0.4, 0.5) is 0 Å². The number of aryl methyl sites for hydroxylation is 1. The predicted octanol–water partition coefficient (Wildman–Crippen LogP) is 8.47. The summed E-state index contributed by atoms with van der Waals surface area (Å²) in [7, 11) is 0. The van der Waals surface area contributed by atoms with Gasteiger partial charge in [-0.3, -0.25) is 0 Å². The van der Waals surface area contributed by atoms with Gasteiger partial charge < -0.3 is 14.2 Å². The van der Waals surface area contributed by atoms with Crippen molar-refractivity contribution >= 4 is 0 Å². The van der Waals surface area contributed by atoms with Gasteiger partial charge in [-0.05, 0) is 91.0 Å². The Morgan fingerprint density at radius 1 is 0.757 bits per heavy atom. The van der Waals surface area contributed by atoms with Crippen molar-refractivity contribution in [2.24, 2.45) is 0 Å². The van der Waals surface area contributed by atoms with Crippen molar-refractivity contribution in [3.05, 3.63) is 113 Å². The summed E-state index contributed by atoms with van der Waals surface area (Å²) in [5.74, 6) is 3.46. The quantitative estimate of drug-likeness (QED) is 0.261. The van der Waals surface area contributed by atoms with Crippen molar-refractivity contribution in [2.45, 2.75) is 63.8 Å². The summed E-state index contributed by atoms with van der Waals surface area (Å²) < 4.78 is 19.6. The molecule has 0 amide bonds. The van der Waals surface area contributed by atoms with Crippen molar-refractivity contribution in [3.63, 3.8) is 0 Å². The van der Waals surface area contributed by atoms with E-state index >= 15 is 0 Å². The first-order chi connectivity index (χ1) is 18.2. The van der Waals surface area contributed by atoms with Gasteiger partial charge in [-0.2, -0.15) is 0 Å². The van der Waals surface area contributed by atoms with Crippen LogP contribution in [-0.2, 0) is 18.8 Å². The highest BCUT2D eigenvalue weighted by Crippen LogP contribution is 2.57. The van der Waals surface area contributed by atoms with E-state index in [1.54, 1.807) is 0 Å². The second kappa shape index (κ2) is 8.99. The molecule has 4 aromatic rings. The van der Waals surface area contributed by atoms with Gasteiger partial charge >= 0.3 is 0 Å². The molecule has 0 N–H and O–H groups in total. The molecular weight excluding hydrogens is 456 g/mol. The molecule has 0 atom stereocenters. The van der Waals surface area contributed by atoms with Crippen LogP contribution < -0.4 is 14.2 Å². The Morgan fingerprint density at radius 3 is 2.00 bits per heavy atom. The van der Waals surface area contributed by atoms with E-state index < -0.39 is 0 Å². The highest BCUT2D eigenvalue weighted by atomic mass is 16.5. The number of fused-ring (bicyclic) bond motifs is 4. The summed E-state index contributed by atoms with van der Waals surface area (Å²) in [6.45, 7) is 3.27. The minimum absolute atomic E-state index is 0.263. The molecule has 2 fully saturated rings. The Kier molecular flexibility index (Phi) is 5.46. The van der Waals surface area contributed by atoms with E-state index in [2.05, 4.69) is 67.6 Å². The molecule has 4 aromatic carbocycles. The largest absolute Gasteiger partial charge is 0.489 e. The number of hydrogen-bond donors (Lipinski definition) is 0. The van der Waals surface area contributed by atoms with E-state index in [-0.39, 0.29) is 5.60 Å². The van der Waals surface area contributed by atoms with Gasteiger partial charge in [0, 0.05) is 17.2 Å². The van der Waals surface area contributed by atoms with Crippen LogP contribution in [0.25, 0.3) is 11.1 Å². The van der Waals surface area contributed by atoms with Gasteiger partial charge in [-0.1, -0.05) is 60.7 Å². The molecule has 7 rings (SSSR count). The first-order valence-corrected chi connectivity index (χ1v) is 13.5. The Bertz CT molecular complexity index is 1430. The normalized spacial score (nSPS) is 16.8. The Hall–Kier alpha value is -3.72. The van der Waals surface area contributed by atoms with Crippen LogP contribution in [0.15, 0.2) is 84.9 Å². The molecule has 186 valence electrons. The average Bonchev–Trinajstić information content (AvgIpc) is 3.76. The molecule has 1 heterocycles. The number of hydrogen-bond acceptors (Lipinski definition) is 3. The van der Waals surface area contributed by atoms with Crippen LogP contribution in [0.1, 0.15) is 65.8 Å². The van der Waals surface area contributed by atoms with Gasteiger partial charge in [-0.15, -0.1) is 0 Å². The summed E-state index contributed by atoms with van der Waals surface area (Å²) in [6.07, 6.45) is 5.73. The molecule has 3 heteroatoms. The van der Waals surface area contributed by atoms with Crippen LogP contribution >= 0.6 is 0 Å². The molecular formula is C34H32O3. The van der Waals surface area contributed by atoms with Crippen LogP contribution in [0.2, 0.25) is 0 Å². The topological polar surface area (TPSA) is 27.7 Å². The van der Waals surface area contributed by atoms with Crippen molar-refractivity contribution in [3.8, 4) is 28.4 Å². The molecule has 3 nitrogen and oxygen atoms in total. The van der Waals surface area contributed by atoms with Crippen molar-refractivity contribution in [1.82, 2.24) is 0 Å². The van der Waals surface area contributed by atoms with E-state index in [4.69, 9.17) is 14.2 Å². The zero-order valence-electron chi connectivity index (χ0n) is 21.3. The summed E-state index contributed by atoms with van der Waals surface area (Å²) in [5.41, 5.74) is 8.35. The predicted molar refractivity (Wildman–Crippen MR) is 146 cm³/mol. The molecule has 1 aliphatic heterocycles. The number of benzene rings is 4. The fourth-order valence-corrected chi connectivity index (χ4v) is 5.76. The van der Waals surface area contributed by atoms with Crippen molar-refractivity contribution in [2.75, 3.05) is 0 Å². The third-order valence-corrected chi connectivity index (χ3v) is 8.17. The zero-order chi connectivity index (χ0) is 24.8. The smallest absolute Gasteiger partial charge is 0.135 e. The van der Waals surface area contributed by atoms with Crippen LogP contribution in [0.5, 0.6) is 17.2 Å². The molecule has 37 heavy (non-hydrogen) atoms. The molecule has 2 saturated carbocycles. The monoisotopic (exact) mass is 488 g/mol.